The maximum absolute atomic E-state index is 12.7. The van der Waals surface area contributed by atoms with Crippen molar-refractivity contribution in [1.29, 1.82) is 0 Å². The quantitative estimate of drug-likeness (QED) is 0.372. The van der Waals surface area contributed by atoms with Gasteiger partial charge in [-0.05, 0) is 56.0 Å². The fourth-order valence-electron chi connectivity index (χ4n) is 5.26. The fraction of sp³-hybridized carbons (Fsp3) is 0.556. The molecular weight excluding hydrogens is 500 g/mol. The normalized spacial score (nSPS) is 20.6. The number of anilines is 1. The van der Waals surface area contributed by atoms with Crippen LogP contribution in [0.3, 0.4) is 0 Å². The number of carbonyl (C=O) groups excluding carboxylic acids is 2. The molecule has 2 fully saturated rings. The molecular formula is C27H40N8O4. The molecule has 1 saturated carbocycles. The zero-order chi connectivity index (χ0) is 27.9. The minimum absolute atomic E-state index is 0.157. The first-order valence-electron chi connectivity index (χ1n) is 13.7. The molecule has 0 bridgehead atoms. The summed E-state index contributed by atoms with van der Waals surface area (Å²) in [4.78, 5) is 47.1. The Morgan fingerprint density at radius 3 is 2.31 bits per heavy atom. The summed E-state index contributed by atoms with van der Waals surface area (Å²) in [7, 11) is 0. The van der Waals surface area contributed by atoms with E-state index in [0.717, 1.165) is 38.8 Å². The van der Waals surface area contributed by atoms with Gasteiger partial charge in [0.15, 0.2) is 0 Å². The van der Waals surface area contributed by atoms with Crippen LogP contribution in [-0.4, -0.2) is 98.8 Å². The molecule has 2 heterocycles. The zero-order valence-electron chi connectivity index (χ0n) is 22.5. The SMILES string of the molecule is CCN(Cc1ccc(-n2ccc(NC(=O)N3CCN(C(=O)[C@@H](N)CO)CC3)nc2=O)cc1)[C@H]1CC[C@H](N)CC1. The van der Waals surface area contributed by atoms with Gasteiger partial charge in [0, 0.05) is 51.0 Å². The molecule has 1 aromatic heterocycles. The summed E-state index contributed by atoms with van der Waals surface area (Å²) in [6.45, 7) is 4.84. The van der Waals surface area contributed by atoms with E-state index in [1.807, 2.05) is 24.3 Å². The number of hydrogen-bond donors (Lipinski definition) is 4. The Hall–Kier alpha value is -3.32. The molecule has 0 unspecified atom stereocenters. The van der Waals surface area contributed by atoms with Crippen LogP contribution >= 0.6 is 0 Å². The maximum Gasteiger partial charge on any atom is 0.354 e. The van der Waals surface area contributed by atoms with Crippen LogP contribution < -0.4 is 22.5 Å². The third kappa shape index (κ3) is 7.21. The third-order valence-electron chi connectivity index (χ3n) is 7.70. The van der Waals surface area contributed by atoms with Gasteiger partial charge in [0.05, 0.1) is 12.3 Å². The lowest BCUT2D eigenvalue weighted by molar-refractivity contribution is -0.134. The van der Waals surface area contributed by atoms with Gasteiger partial charge in [-0.15, -0.1) is 0 Å². The van der Waals surface area contributed by atoms with E-state index in [1.165, 1.54) is 15.0 Å². The van der Waals surface area contributed by atoms with Crippen molar-refractivity contribution in [3.63, 3.8) is 0 Å². The van der Waals surface area contributed by atoms with Crippen LogP contribution in [0.4, 0.5) is 10.6 Å². The van der Waals surface area contributed by atoms with Crippen molar-refractivity contribution in [3.05, 3.63) is 52.6 Å². The van der Waals surface area contributed by atoms with Gasteiger partial charge in [-0.2, -0.15) is 4.98 Å². The molecule has 12 heteroatoms. The number of piperazine rings is 1. The maximum atomic E-state index is 12.7. The van der Waals surface area contributed by atoms with Crippen molar-refractivity contribution in [2.45, 2.75) is 57.3 Å². The highest BCUT2D eigenvalue weighted by molar-refractivity contribution is 5.88. The molecule has 1 saturated heterocycles. The first-order chi connectivity index (χ1) is 18.8. The Bertz CT molecular complexity index is 1170. The summed E-state index contributed by atoms with van der Waals surface area (Å²) in [5.41, 5.74) is 13.0. The van der Waals surface area contributed by atoms with Gasteiger partial charge in [-0.1, -0.05) is 19.1 Å². The topological polar surface area (TPSA) is 163 Å². The summed E-state index contributed by atoms with van der Waals surface area (Å²) in [6.07, 6.45) is 6.00. The number of aliphatic hydroxyl groups is 1. The molecule has 1 aromatic carbocycles. The predicted molar refractivity (Wildman–Crippen MR) is 148 cm³/mol. The Balaban J connectivity index is 1.32. The van der Waals surface area contributed by atoms with Gasteiger partial charge >= 0.3 is 11.7 Å². The van der Waals surface area contributed by atoms with E-state index in [2.05, 4.69) is 22.1 Å². The molecule has 39 heavy (non-hydrogen) atoms. The van der Waals surface area contributed by atoms with E-state index in [-0.39, 0.29) is 11.7 Å². The molecule has 4 rings (SSSR count). The second-order valence-corrected chi connectivity index (χ2v) is 10.3. The zero-order valence-corrected chi connectivity index (χ0v) is 22.5. The van der Waals surface area contributed by atoms with Crippen LogP contribution in [0.1, 0.15) is 38.2 Å². The number of rotatable bonds is 8. The molecule has 1 atom stereocenters. The fourth-order valence-corrected chi connectivity index (χ4v) is 5.26. The summed E-state index contributed by atoms with van der Waals surface area (Å²) in [5, 5.41) is 11.7. The number of hydrogen-bond acceptors (Lipinski definition) is 8. The van der Waals surface area contributed by atoms with Crippen LogP contribution in [0.25, 0.3) is 5.69 Å². The number of amides is 3. The van der Waals surface area contributed by atoms with E-state index >= 15 is 0 Å². The number of urea groups is 1. The average Bonchev–Trinajstić information content (AvgIpc) is 2.96. The van der Waals surface area contributed by atoms with Gasteiger partial charge < -0.3 is 26.4 Å². The van der Waals surface area contributed by atoms with E-state index in [4.69, 9.17) is 16.6 Å². The lowest BCUT2D eigenvalue weighted by atomic mass is 9.90. The van der Waals surface area contributed by atoms with Gasteiger partial charge in [-0.3, -0.25) is 19.6 Å². The van der Waals surface area contributed by atoms with Crippen molar-refractivity contribution in [3.8, 4) is 5.69 Å². The van der Waals surface area contributed by atoms with Crippen LogP contribution in [0.5, 0.6) is 0 Å². The van der Waals surface area contributed by atoms with Crippen molar-refractivity contribution in [1.82, 2.24) is 24.3 Å². The Morgan fingerprint density at radius 2 is 1.72 bits per heavy atom. The first-order valence-corrected chi connectivity index (χ1v) is 13.7. The minimum Gasteiger partial charge on any atom is -0.394 e. The number of nitrogens with two attached hydrogens (primary N) is 2. The highest BCUT2D eigenvalue weighted by Crippen LogP contribution is 2.24. The smallest absolute Gasteiger partial charge is 0.354 e. The third-order valence-corrected chi connectivity index (χ3v) is 7.70. The summed E-state index contributed by atoms with van der Waals surface area (Å²) < 4.78 is 1.44. The Morgan fingerprint density at radius 1 is 1.08 bits per heavy atom. The second-order valence-electron chi connectivity index (χ2n) is 10.3. The van der Waals surface area contributed by atoms with Crippen LogP contribution in [0, 0.1) is 0 Å². The molecule has 0 spiro atoms. The molecule has 3 amide bonds. The van der Waals surface area contributed by atoms with E-state index < -0.39 is 24.4 Å². The highest BCUT2D eigenvalue weighted by Gasteiger charge is 2.27. The highest BCUT2D eigenvalue weighted by atomic mass is 16.3. The van der Waals surface area contributed by atoms with Gasteiger partial charge in [0.25, 0.3) is 0 Å². The predicted octanol–water partition coefficient (Wildman–Crippen LogP) is 0.320. The van der Waals surface area contributed by atoms with Crippen LogP contribution in [0.2, 0.25) is 0 Å². The molecule has 2 aliphatic rings. The average molecular weight is 541 g/mol. The Kier molecular flexibility index (Phi) is 9.68. The lowest BCUT2D eigenvalue weighted by Crippen LogP contribution is -2.55. The molecule has 0 radical (unpaired) electrons. The van der Waals surface area contributed by atoms with Gasteiger partial charge in [-0.25, -0.2) is 9.59 Å². The van der Waals surface area contributed by atoms with E-state index in [0.29, 0.717) is 44.0 Å². The van der Waals surface area contributed by atoms with Crippen molar-refractivity contribution < 1.29 is 14.7 Å². The first kappa shape index (κ1) is 28.7. The summed E-state index contributed by atoms with van der Waals surface area (Å²) >= 11 is 0. The molecule has 1 aliphatic heterocycles. The standard InChI is InChI=1S/C27H40N8O4/c1-2-32(21-9-5-20(28)6-10-21)17-19-3-7-22(8-4-19)35-12-11-24(31-27(35)39)30-26(38)34-15-13-33(14-16-34)25(37)23(29)18-36/h3-4,7-8,11-12,20-21,23,36H,2,5-6,9-10,13-18,28-29H2,1H3,(H,30,31,38,39)/t20-,21-,23-/m0/s1. The van der Waals surface area contributed by atoms with Crippen molar-refractivity contribution >= 4 is 17.8 Å². The number of carbonyl (C=O) groups is 2. The number of aliphatic hydroxyl groups excluding tert-OH is 1. The summed E-state index contributed by atoms with van der Waals surface area (Å²) in [5.74, 6) is -0.183. The molecule has 12 nitrogen and oxygen atoms in total. The monoisotopic (exact) mass is 540 g/mol. The van der Waals surface area contributed by atoms with Crippen LogP contribution in [-0.2, 0) is 11.3 Å². The number of aromatic nitrogens is 2. The molecule has 212 valence electrons. The largest absolute Gasteiger partial charge is 0.394 e. The molecule has 1 aliphatic carbocycles. The van der Waals surface area contributed by atoms with Crippen molar-refractivity contribution in [2.24, 2.45) is 11.5 Å². The van der Waals surface area contributed by atoms with E-state index in [9.17, 15) is 14.4 Å². The van der Waals surface area contributed by atoms with Gasteiger partial charge in [0.2, 0.25) is 5.91 Å². The minimum atomic E-state index is -0.954. The Labute approximate surface area is 228 Å². The molecule has 6 N–H and O–H groups in total. The number of benzene rings is 1. The number of nitrogens with one attached hydrogen (secondary N) is 1. The van der Waals surface area contributed by atoms with Gasteiger partial charge in [0.1, 0.15) is 11.9 Å². The summed E-state index contributed by atoms with van der Waals surface area (Å²) in [6, 6.07) is 9.00. The van der Waals surface area contributed by atoms with Crippen molar-refractivity contribution in [2.75, 3.05) is 44.6 Å². The second kappa shape index (κ2) is 13.2. The molecule has 2 aromatic rings. The van der Waals surface area contributed by atoms with Crippen LogP contribution in [0.15, 0.2) is 41.3 Å². The van der Waals surface area contributed by atoms with E-state index in [1.54, 1.807) is 17.2 Å². The lowest BCUT2D eigenvalue weighted by Gasteiger charge is -2.35. The number of nitrogens with zero attached hydrogens (tertiary/aromatic N) is 5.